The molecule has 0 bridgehead atoms. The number of ether oxygens (including phenoxy) is 1. The monoisotopic (exact) mass is 324 g/mol. The van der Waals surface area contributed by atoms with E-state index in [-0.39, 0.29) is 18.3 Å². The highest BCUT2D eigenvalue weighted by Gasteiger charge is 2.08. The van der Waals surface area contributed by atoms with Crippen LogP contribution in [0.2, 0.25) is 0 Å². The van der Waals surface area contributed by atoms with Gasteiger partial charge >= 0.3 is 0 Å². The molecule has 0 spiro atoms. The molecule has 1 aromatic rings. The largest absolute Gasteiger partial charge is 0.383 e. The molecule has 2 N–H and O–H groups in total. The number of carbonyl (C=O) groups is 1. The number of guanidine groups is 1. The molecule has 0 unspecified atom stereocenters. The molecule has 0 fully saturated rings. The van der Waals surface area contributed by atoms with Gasteiger partial charge in [-0.1, -0.05) is 12.1 Å². The third-order valence-electron chi connectivity index (χ3n) is 3.03. The summed E-state index contributed by atoms with van der Waals surface area (Å²) >= 11 is 0. The van der Waals surface area contributed by atoms with Crippen LogP contribution in [0.1, 0.15) is 12.5 Å². The average molecular weight is 324 g/mol. The molecule has 0 atom stereocenters. The van der Waals surface area contributed by atoms with Gasteiger partial charge in [-0.2, -0.15) is 0 Å². The molecule has 0 saturated carbocycles. The first kappa shape index (κ1) is 18.9. The summed E-state index contributed by atoms with van der Waals surface area (Å²) in [6.45, 7) is 4.20. The molecular weight excluding hydrogens is 299 g/mol. The van der Waals surface area contributed by atoms with Crippen LogP contribution < -0.4 is 10.6 Å². The first-order chi connectivity index (χ1) is 11.1. The lowest BCUT2D eigenvalue weighted by Gasteiger charge is -2.22. The highest BCUT2D eigenvalue weighted by atomic mass is 19.1. The molecule has 1 amide bonds. The summed E-state index contributed by atoms with van der Waals surface area (Å²) in [5.41, 5.74) is 0.962. The van der Waals surface area contributed by atoms with Crippen LogP contribution >= 0.6 is 0 Å². The molecule has 7 heteroatoms. The Balaban J connectivity index is 2.59. The van der Waals surface area contributed by atoms with Crippen molar-refractivity contribution < 1.29 is 13.9 Å². The number of hydrogen-bond donors (Lipinski definition) is 2. The summed E-state index contributed by atoms with van der Waals surface area (Å²) in [6, 6.07) is 6.31. The lowest BCUT2D eigenvalue weighted by molar-refractivity contribution is -0.119. The van der Waals surface area contributed by atoms with Gasteiger partial charge in [0, 0.05) is 33.8 Å². The molecule has 0 aliphatic carbocycles. The molecule has 0 aliphatic heterocycles. The molecule has 1 rings (SSSR count). The standard InChI is InChI=1S/C16H25FN4O2/c1-4-18-16(20-11-15(22)19-9-10-23-3)21(2)12-13-5-7-14(17)8-6-13/h5-8H,4,9-12H2,1-3H3,(H,18,20)(H,19,22). The van der Waals surface area contributed by atoms with Crippen molar-refractivity contribution in [2.24, 2.45) is 4.99 Å². The minimum atomic E-state index is -0.260. The van der Waals surface area contributed by atoms with Crippen molar-refractivity contribution in [3.05, 3.63) is 35.6 Å². The predicted molar refractivity (Wildman–Crippen MR) is 88.7 cm³/mol. The number of carbonyl (C=O) groups excluding carboxylic acids is 1. The molecule has 1 aromatic carbocycles. The normalized spacial score (nSPS) is 11.2. The Bertz CT molecular complexity index is 505. The summed E-state index contributed by atoms with van der Waals surface area (Å²) in [5.74, 6) is 0.205. The number of benzene rings is 1. The number of nitrogens with zero attached hydrogens (tertiary/aromatic N) is 2. The van der Waals surface area contributed by atoms with Crippen LogP contribution in [0.3, 0.4) is 0 Å². The van der Waals surface area contributed by atoms with Gasteiger partial charge in [-0.3, -0.25) is 4.79 Å². The van der Waals surface area contributed by atoms with Crippen LogP contribution in [0.25, 0.3) is 0 Å². The minimum Gasteiger partial charge on any atom is -0.383 e. The van der Waals surface area contributed by atoms with Crippen LogP contribution in [-0.4, -0.2) is 57.2 Å². The van der Waals surface area contributed by atoms with Crippen molar-refractivity contribution in [2.75, 3.05) is 40.4 Å². The van der Waals surface area contributed by atoms with Gasteiger partial charge in [-0.25, -0.2) is 9.38 Å². The molecule has 6 nitrogen and oxygen atoms in total. The highest BCUT2D eigenvalue weighted by Crippen LogP contribution is 2.05. The van der Waals surface area contributed by atoms with E-state index in [1.54, 1.807) is 19.2 Å². The van der Waals surface area contributed by atoms with E-state index in [1.807, 2.05) is 18.9 Å². The molecule has 0 heterocycles. The summed E-state index contributed by atoms with van der Waals surface area (Å²) in [5, 5.41) is 5.85. The van der Waals surface area contributed by atoms with Gasteiger partial charge < -0.3 is 20.3 Å². The molecule has 0 saturated heterocycles. The van der Waals surface area contributed by atoms with Gasteiger partial charge in [0.05, 0.1) is 6.61 Å². The minimum absolute atomic E-state index is 0.0415. The maximum absolute atomic E-state index is 12.9. The van der Waals surface area contributed by atoms with Crippen LogP contribution in [0, 0.1) is 5.82 Å². The molecule has 0 aromatic heterocycles. The zero-order chi connectivity index (χ0) is 17.1. The number of hydrogen-bond acceptors (Lipinski definition) is 3. The Labute approximate surface area is 136 Å². The van der Waals surface area contributed by atoms with Gasteiger partial charge in [0.25, 0.3) is 0 Å². The summed E-state index contributed by atoms with van der Waals surface area (Å²) < 4.78 is 17.8. The maximum Gasteiger partial charge on any atom is 0.241 e. The van der Waals surface area contributed by atoms with Crippen molar-refractivity contribution in [2.45, 2.75) is 13.5 Å². The second-order valence-electron chi connectivity index (χ2n) is 5.00. The van der Waals surface area contributed by atoms with Crippen LogP contribution in [0.15, 0.2) is 29.3 Å². The average Bonchev–Trinajstić information content (AvgIpc) is 2.53. The van der Waals surface area contributed by atoms with Crippen molar-refractivity contribution in [1.29, 1.82) is 0 Å². The number of methoxy groups -OCH3 is 1. The number of amides is 1. The third kappa shape index (κ3) is 7.60. The number of rotatable bonds is 8. The van der Waals surface area contributed by atoms with E-state index < -0.39 is 0 Å². The van der Waals surface area contributed by atoms with E-state index in [4.69, 9.17) is 4.74 Å². The first-order valence-electron chi connectivity index (χ1n) is 7.56. The SMILES string of the molecule is CCNC(=NCC(=O)NCCOC)N(C)Cc1ccc(F)cc1. The van der Waals surface area contributed by atoms with Crippen LogP contribution in [-0.2, 0) is 16.1 Å². The maximum atomic E-state index is 12.9. The van der Waals surface area contributed by atoms with Gasteiger partial charge in [0.15, 0.2) is 5.96 Å². The van der Waals surface area contributed by atoms with E-state index in [0.717, 1.165) is 5.56 Å². The lowest BCUT2D eigenvalue weighted by Crippen LogP contribution is -2.39. The van der Waals surface area contributed by atoms with Gasteiger partial charge in [0.1, 0.15) is 12.4 Å². The predicted octanol–water partition coefficient (Wildman–Crippen LogP) is 0.986. The van der Waals surface area contributed by atoms with Gasteiger partial charge in [0.2, 0.25) is 5.91 Å². The second-order valence-corrected chi connectivity index (χ2v) is 5.00. The van der Waals surface area contributed by atoms with Crippen molar-refractivity contribution in [1.82, 2.24) is 15.5 Å². The van der Waals surface area contributed by atoms with Crippen LogP contribution in [0.5, 0.6) is 0 Å². The van der Waals surface area contributed by atoms with E-state index in [9.17, 15) is 9.18 Å². The van der Waals surface area contributed by atoms with E-state index >= 15 is 0 Å². The second kappa shape index (κ2) is 10.6. The smallest absolute Gasteiger partial charge is 0.241 e. The zero-order valence-electron chi connectivity index (χ0n) is 13.9. The molecule has 23 heavy (non-hydrogen) atoms. The van der Waals surface area contributed by atoms with E-state index in [0.29, 0.717) is 32.2 Å². The van der Waals surface area contributed by atoms with Gasteiger partial charge in [-0.15, -0.1) is 0 Å². The quantitative estimate of drug-likeness (QED) is 0.425. The summed E-state index contributed by atoms with van der Waals surface area (Å²) in [6.07, 6.45) is 0. The fraction of sp³-hybridized carbons (Fsp3) is 0.500. The Morgan fingerprint density at radius 3 is 2.61 bits per heavy atom. The van der Waals surface area contributed by atoms with Gasteiger partial charge in [-0.05, 0) is 24.6 Å². The highest BCUT2D eigenvalue weighted by molar-refractivity contribution is 5.84. The molecule has 0 aliphatic rings. The lowest BCUT2D eigenvalue weighted by atomic mass is 10.2. The van der Waals surface area contributed by atoms with Crippen molar-refractivity contribution >= 4 is 11.9 Å². The third-order valence-corrected chi connectivity index (χ3v) is 3.03. The van der Waals surface area contributed by atoms with Crippen molar-refractivity contribution in [3.63, 3.8) is 0 Å². The Kier molecular flexibility index (Phi) is 8.67. The van der Waals surface area contributed by atoms with Crippen molar-refractivity contribution in [3.8, 4) is 0 Å². The topological polar surface area (TPSA) is 66.0 Å². The number of halogens is 1. The fourth-order valence-electron chi connectivity index (χ4n) is 1.90. The number of nitrogens with one attached hydrogen (secondary N) is 2. The molecule has 128 valence electrons. The fourth-order valence-corrected chi connectivity index (χ4v) is 1.90. The zero-order valence-corrected chi connectivity index (χ0v) is 13.9. The summed E-state index contributed by atoms with van der Waals surface area (Å²) in [7, 11) is 3.45. The first-order valence-corrected chi connectivity index (χ1v) is 7.56. The molecular formula is C16H25FN4O2. The van der Waals surface area contributed by atoms with E-state index in [2.05, 4.69) is 15.6 Å². The Hall–Kier alpha value is -2.15. The van der Waals surface area contributed by atoms with E-state index in [1.165, 1.54) is 12.1 Å². The molecule has 0 radical (unpaired) electrons. The van der Waals surface area contributed by atoms with Crippen LogP contribution in [0.4, 0.5) is 4.39 Å². The summed E-state index contributed by atoms with van der Waals surface area (Å²) in [4.78, 5) is 17.9. The Morgan fingerprint density at radius 2 is 2.00 bits per heavy atom. The number of aliphatic imine (C=N–C) groups is 1. The Morgan fingerprint density at radius 1 is 1.30 bits per heavy atom.